The van der Waals surface area contributed by atoms with Gasteiger partial charge in [0.05, 0.1) is 5.69 Å². The van der Waals surface area contributed by atoms with E-state index in [4.69, 9.17) is 5.11 Å². The molecule has 0 radical (unpaired) electrons. The molecule has 0 amide bonds. The Hall–Kier alpha value is -1.42. The van der Waals surface area contributed by atoms with Crippen molar-refractivity contribution in [2.45, 2.75) is 25.3 Å². The monoisotopic (exact) mass is 208 g/mol. The van der Waals surface area contributed by atoms with E-state index in [1.165, 1.54) is 0 Å². The van der Waals surface area contributed by atoms with E-state index in [1.807, 2.05) is 25.2 Å². The normalized spacial score (nSPS) is 12.3. The highest BCUT2D eigenvalue weighted by Gasteiger charge is 2.10. The second-order valence-corrected chi connectivity index (χ2v) is 3.38. The smallest absolute Gasteiger partial charge is 0.303 e. The molecule has 1 aromatic rings. The molecule has 1 unspecified atom stereocenters. The van der Waals surface area contributed by atoms with Gasteiger partial charge in [0.1, 0.15) is 0 Å². The predicted molar refractivity (Wildman–Crippen MR) is 57.5 cm³/mol. The lowest BCUT2D eigenvalue weighted by Gasteiger charge is -2.14. The Morgan fingerprint density at radius 2 is 2.40 bits per heavy atom. The highest BCUT2D eigenvalue weighted by molar-refractivity contribution is 5.66. The number of pyridine rings is 1. The third kappa shape index (κ3) is 4.08. The van der Waals surface area contributed by atoms with E-state index in [0.717, 1.165) is 12.1 Å². The topological polar surface area (TPSA) is 62.2 Å². The van der Waals surface area contributed by atoms with Gasteiger partial charge in [-0.15, -0.1) is 0 Å². The average molecular weight is 208 g/mol. The molecule has 0 aliphatic carbocycles. The number of nitrogens with zero attached hydrogens (tertiary/aromatic N) is 1. The summed E-state index contributed by atoms with van der Waals surface area (Å²) in [4.78, 5) is 14.6. The summed E-state index contributed by atoms with van der Waals surface area (Å²) in [6.07, 6.45) is 3.42. The van der Waals surface area contributed by atoms with Gasteiger partial charge in [-0.1, -0.05) is 6.07 Å². The average Bonchev–Trinajstić information content (AvgIpc) is 2.25. The van der Waals surface area contributed by atoms with Crippen LogP contribution in [0.2, 0.25) is 0 Å². The molecule has 1 atom stereocenters. The lowest BCUT2D eigenvalue weighted by Crippen LogP contribution is -2.17. The lowest BCUT2D eigenvalue weighted by molar-refractivity contribution is -0.137. The molecule has 0 aliphatic rings. The Labute approximate surface area is 89.3 Å². The van der Waals surface area contributed by atoms with Gasteiger partial charge in [-0.05, 0) is 32.0 Å². The maximum absolute atomic E-state index is 10.4. The van der Waals surface area contributed by atoms with Crippen molar-refractivity contribution in [3.8, 4) is 0 Å². The van der Waals surface area contributed by atoms with Gasteiger partial charge < -0.3 is 10.4 Å². The summed E-state index contributed by atoms with van der Waals surface area (Å²) in [5.41, 5.74) is 0.963. The Balaban J connectivity index is 2.46. The van der Waals surface area contributed by atoms with Crippen LogP contribution in [0, 0.1) is 0 Å². The number of rotatable bonds is 6. The van der Waals surface area contributed by atoms with Crippen LogP contribution in [0.15, 0.2) is 24.4 Å². The number of aromatic nitrogens is 1. The molecule has 1 aromatic heterocycles. The summed E-state index contributed by atoms with van der Waals surface area (Å²) >= 11 is 0. The summed E-state index contributed by atoms with van der Waals surface area (Å²) in [5.74, 6) is -0.745. The van der Waals surface area contributed by atoms with Gasteiger partial charge in [-0.3, -0.25) is 9.78 Å². The molecule has 2 N–H and O–H groups in total. The first-order valence-corrected chi connectivity index (χ1v) is 5.04. The minimum Gasteiger partial charge on any atom is -0.481 e. The van der Waals surface area contributed by atoms with Crippen molar-refractivity contribution < 1.29 is 9.90 Å². The van der Waals surface area contributed by atoms with Crippen LogP contribution in [0.1, 0.15) is 31.0 Å². The molecule has 82 valence electrons. The minimum atomic E-state index is -0.745. The minimum absolute atomic E-state index is 0.144. The molecule has 0 saturated heterocycles. The number of carbonyl (C=O) groups is 1. The maximum Gasteiger partial charge on any atom is 0.303 e. The van der Waals surface area contributed by atoms with Crippen LogP contribution in [-0.4, -0.2) is 23.1 Å². The second kappa shape index (κ2) is 6.14. The molecule has 15 heavy (non-hydrogen) atoms. The van der Waals surface area contributed by atoms with Gasteiger partial charge in [0, 0.05) is 18.7 Å². The van der Waals surface area contributed by atoms with E-state index >= 15 is 0 Å². The van der Waals surface area contributed by atoms with Crippen molar-refractivity contribution in [2.75, 3.05) is 7.05 Å². The quantitative estimate of drug-likeness (QED) is 0.745. The molecule has 1 heterocycles. The zero-order valence-electron chi connectivity index (χ0n) is 8.81. The molecule has 0 bridgehead atoms. The highest BCUT2D eigenvalue weighted by atomic mass is 16.4. The molecule has 0 saturated carbocycles. The summed E-state index contributed by atoms with van der Waals surface area (Å²) in [7, 11) is 1.86. The Bertz CT molecular complexity index is 301. The van der Waals surface area contributed by atoms with E-state index in [-0.39, 0.29) is 12.5 Å². The van der Waals surface area contributed by atoms with Crippen LogP contribution < -0.4 is 5.32 Å². The fourth-order valence-corrected chi connectivity index (χ4v) is 1.48. The van der Waals surface area contributed by atoms with Crippen LogP contribution >= 0.6 is 0 Å². The van der Waals surface area contributed by atoms with Crippen molar-refractivity contribution in [1.82, 2.24) is 10.3 Å². The van der Waals surface area contributed by atoms with Crippen LogP contribution in [-0.2, 0) is 4.79 Å². The van der Waals surface area contributed by atoms with Crippen molar-refractivity contribution >= 4 is 5.97 Å². The molecule has 4 heteroatoms. The zero-order valence-corrected chi connectivity index (χ0v) is 8.81. The molecule has 0 fully saturated rings. The molecule has 0 aromatic carbocycles. The Morgan fingerprint density at radius 1 is 1.60 bits per heavy atom. The fourth-order valence-electron chi connectivity index (χ4n) is 1.48. The molecule has 0 spiro atoms. The van der Waals surface area contributed by atoms with Crippen molar-refractivity contribution in [2.24, 2.45) is 0 Å². The Kier molecular flexibility index (Phi) is 4.77. The van der Waals surface area contributed by atoms with Gasteiger partial charge in [-0.25, -0.2) is 0 Å². The summed E-state index contributed by atoms with van der Waals surface area (Å²) < 4.78 is 0. The van der Waals surface area contributed by atoms with Crippen molar-refractivity contribution in [3.05, 3.63) is 30.1 Å². The summed E-state index contributed by atoms with van der Waals surface area (Å²) in [6.45, 7) is 0. The van der Waals surface area contributed by atoms with E-state index in [1.54, 1.807) is 6.20 Å². The van der Waals surface area contributed by atoms with E-state index in [0.29, 0.717) is 6.42 Å². The molecule has 4 nitrogen and oxygen atoms in total. The number of hydrogen-bond acceptors (Lipinski definition) is 3. The number of nitrogens with one attached hydrogen (secondary N) is 1. The van der Waals surface area contributed by atoms with Gasteiger partial charge in [0.2, 0.25) is 0 Å². The lowest BCUT2D eigenvalue weighted by atomic mass is 10.1. The van der Waals surface area contributed by atoms with Crippen molar-refractivity contribution in [1.29, 1.82) is 0 Å². The van der Waals surface area contributed by atoms with Crippen LogP contribution in [0.3, 0.4) is 0 Å². The van der Waals surface area contributed by atoms with Crippen LogP contribution in [0.4, 0.5) is 0 Å². The number of carboxylic acids is 1. The van der Waals surface area contributed by atoms with Gasteiger partial charge in [0.15, 0.2) is 0 Å². The second-order valence-electron chi connectivity index (χ2n) is 3.38. The van der Waals surface area contributed by atoms with E-state index in [2.05, 4.69) is 10.3 Å². The van der Waals surface area contributed by atoms with Crippen molar-refractivity contribution in [3.63, 3.8) is 0 Å². The van der Waals surface area contributed by atoms with E-state index in [9.17, 15) is 4.79 Å². The number of aliphatic carboxylic acids is 1. The first kappa shape index (κ1) is 11.7. The third-order valence-corrected chi connectivity index (χ3v) is 2.28. The third-order valence-electron chi connectivity index (χ3n) is 2.28. The largest absolute Gasteiger partial charge is 0.481 e. The van der Waals surface area contributed by atoms with E-state index < -0.39 is 5.97 Å². The van der Waals surface area contributed by atoms with Gasteiger partial charge >= 0.3 is 5.97 Å². The zero-order chi connectivity index (χ0) is 11.1. The number of carboxylic acid groups (broad SMARTS) is 1. The van der Waals surface area contributed by atoms with Gasteiger partial charge in [-0.2, -0.15) is 0 Å². The first-order chi connectivity index (χ1) is 7.24. The number of hydrogen-bond donors (Lipinski definition) is 2. The van der Waals surface area contributed by atoms with Gasteiger partial charge in [0.25, 0.3) is 0 Å². The van der Waals surface area contributed by atoms with Crippen LogP contribution in [0.25, 0.3) is 0 Å². The highest BCUT2D eigenvalue weighted by Crippen LogP contribution is 2.16. The maximum atomic E-state index is 10.4. The molecular formula is C11H16N2O2. The Morgan fingerprint density at radius 3 is 2.93 bits per heavy atom. The molecule has 1 rings (SSSR count). The predicted octanol–water partition coefficient (Wildman–Crippen LogP) is 1.60. The summed E-state index contributed by atoms with van der Waals surface area (Å²) in [6, 6.07) is 5.89. The molecule has 0 aliphatic heterocycles. The SMILES string of the molecule is CNC(CCCC(=O)O)c1ccccn1. The van der Waals surface area contributed by atoms with Crippen LogP contribution in [0.5, 0.6) is 0 Å². The fraction of sp³-hybridized carbons (Fsp3) is 0.455. The molecular weight excluding hydrogens is 192 g/mol. The first-order valence-electron chi connectivity index (χ1n) is 5.04. The standard InChI is InChI=1S/C11H16N2O2/c1-12-9(6-4-7-11(14)15)10-5-2-3-8-13-10/h2-3,5,8-9,12H,4,6-7H2,1H3,(H,14,15). The summed E-state index contributed by atoms with van der Waals surface area (Å²) in [5, 5.41) is 11.7.